The molecule has 0 saturated carbocycles. The van der Waals surface area contributed by atoms with Crippen LogP contribution in [0.25, 0.3) is 22.3 Å². The Hall–Kier alpha value is -3.22. The Morgan fingerprint density at radius 3 is 2.41 bits per heavy atom. The third-order valence-electron chi connectivity index (χ3n) is 5.52. The average molecular weight is 481 g/mol. The smallest absolute Gasteiger partial charge is 0.216 e. The average Bonchev–Trinajstić information content (AvgIpc) is 2.84. The molecule has 4 rings (SSSR count). The van der Waals surface area contributed by atoms with E-state index in [0.29, 0.717) is 44.5 Å². The zero-order valence-electron chi connectivity index (χ0n) is 19.4. The Bertz CT molecular complexity index is 1170. The van der Waals surface area contributed by atoms with Gasteiger partial charge in [-0.05, 0) is 36.2 Å². The summed E-state index contributed by atoms with van der Waals surface area (Å²) < 4.78 is 17.3. The summed E-state index contributed by atoms with van der Waals surface area (Å²) in [4.78, 5) is 11.0. The number of hydrogen-bond donors (Lipinski definition) is 2. The zero-order chi connectivity index (χ0) is 23.9. The van der Waals surface area contributed by atoms with Crippen molar-refractivity contribution >= 4 is 17.5 Å². The van der Waals surface area contributed by atoms with Crippen LogP contribution in [0.1, 0.15) is 19.4 Å². The van der Waals surface area contributed by atoms with E-state index in [-0.39, 0.29) is 5.91 Å². The van der Waals surface area contributed by atoms with E-state index in [4.69, 9.17) is 25.8 Å². The molecule has 0 radical (unpaired) electrons. The predicted octanol–water partition coefficient (Wildman–Crippen LogP) is 5.07. The maximum atomic E-state index is 11.0. The second kappa shape index (κ2) is 11.3. The van der Waals surface area contributed by atoms with Crippen LogP contribution in [0.5, 0.6) is 17.2 Å². The quantitative estimate of drug-likeness (QED) is 0.418. The van der Waals surface area contributed by atoms with E-state index in [1.807, 2.05) is 49.4 Å². The largest absolute Gasteiger partial charge is 0.494 e. The molecule has 1 aliphatic heterocycles. The van der Waals surface area contributed by atoms with Crippen LogP contribution >= 0.6 is 11.6 Å². The van der Waals surface area contributed by atoms with Crippen molar-refractivity contribution < 1.29 is 19.0 Å². The van der Waals surface area contributed by atoms with Gasteiger partial charge in [0, 0.05) is 43.2 Å². The number of carbonyl (C=O) groups excluding carboxylic acids is 1. The molecule has 3 aromatic carbocycles. The highest BCUT2D eigenvalue weighted by Gasteiger charge is 2.16. The SMILES string of the molecule is CCOc1cc(-c2cccc(-c3ccc4c(c3)OCCO4)c2Cl)ccc1CNCCNC(C)=O. The van der Waals surface area contributed by atoms with Crippen LogP contribution in [-0.2, 0) is 11.3 Å². The predicted molar refractivity (Wildman–Crippen MR) is 135 cm³/mol. The van der Waals surface area contributed by atoms with E-state index in [9.17, 15) is 4.79 Å². The van der Waals surface area contributed by atoms with E-state index >= 15 is 0 Å². The number of nitrogens with one attached hydrogen (secondary N) is 2. The molecular formula is C27H29ClN2O4. The highest BCUT2D eigenvalue weighted by Crippen LogP contribution is 2.41. The molecule has 0 fully saturated rings. The Morgan fingerprint density at radius 2 is 1.68 bits per heavy atom. The van der Waals surface area contributed by atoms with Gasteiger partial charge in [0.1, 0.15) is 19.0 Å². The molecule has 1 aliphatic rings. The molecule has 1 amide bonds. The van der Waals surface area contributed by atoms with E-state index in [2.05, 4.69) is 22.8 Å². The Morgan fingerprint density at radius 1 is 0.971 bits per heavy atom. The maximum absolute atomic E-state index is 11.0. The lowest BCUT2D eigenvalue weighted by Gasteiger charge is -2.19. The van der Waals surface area contributed by atoms with Crippen LogP contribution in [0.3, 0.4) is 0 Å². The lowest BCUT2D eigenvalue weighted by atomic mass is 9.97. The summed E-state index contributed by atoms with van der Waals surface area (Å²) >= 11 is 6.91. The fourth-order valence-corrected chi connectivity index (χ4v) is 4.24. The minimum Gasteiger partial charge on any atom is -0.494 e. The van der Waals surface area contributed by atoms with E-state index < -0.39 is 0 Å². The van der Waals surface area contributed by atoms with Crippen molar-refractivity contribution in [1.29, 1.82) is 0 Å². The monoisotopic (exact) mass is 480 g/mol. The number of amides is 1. The standard InChI is InChI=1S/C27H29ClN2O4/c1-3-32-25-15-19(7-8-21(25)17-29-11-12-30-18(2)31)22-5-4-6-23(27(22)28)20-9-10-24-26(16-20)34-14-13-33-24/h4-10,15-16,29H,3,11-14,17H2,1-2H3,(H,30,31). The molecule has 1 heterocycles. The third-order valence-corrected chi connectivity index (χ3v) is 5.93. The molecular weight excluding hydrogens is 452 g/mol. The molecule has 0 aromatic heterocycles. The van der Waals surface area contributed by atoms with Crippen LogP contribution in [0.4, 0.5) is 0 Å². The van der Waals surface area contributed by atoms with Gasteiger partial charge < -0.3 is 24.8 Å². The maximum Gasteiger partial charge on any atom is 0.216 e. The van der Waals surface area contributed by atoms with Crippen molar-refractivity contribution in [2.24, 2.45) is 0 Å². The molecule has 0 saturated heterocycles. The molecule has 6 nitrogen and oxygen atoms in total. The highest BCUT2D eigenvalue weighted by molar-refractivity contribution is 6.36. The number of hydrogen-bond acceptors (Lipinski definition) is 5. The van der Waals surface area contributed by atoms with Crippen LogP contribution in [0, 0.1) is 0 Å². The summed E-state index contributed by atoms with van der Waals surface area (Å²) in [5.74, 6) is 2.27. The first-order chi connectivity index (χ1) is 16.6. The van der Waals surface area contributed by atoms with Gasteiger partial charge in [-0.3, -0.25) is 4.79 Å². The van der Waals surface area contributed by atoms with Crippen molar-refractivity contribution in [2.45, 2.75) is 20.4 Å². The van der Waals surface area contributed by atoms with Crippen molar-refractivity contribution in [2.75, 3.05) is 32.9 Å². The van der Waals surface area contributed by atoms with E-state index in [1.165, 1.54) is 6.92 Å². The molecule has 0 aliphatic carbocycles. The fourth-order valence-electron chi connectivity index (χ4n) is 3.90. The molecule has 2 N–H and O–H groups in total. The van der Waals surface area contributed by atoms with Crippen molar-refractivity contribution in [3.05, 3.63) is 65.2 Å². The van der Waals surface area contributed by atoms with Gasteiger partial charge in [0.2, 0.25) is 5.91 Å². The molecule has 3 aromatic rings. The van der Waals surface area contributed by atoms with Gasteiger partial charge in [0.05, 0.1) is 11.6 Å². The number of ether oxygens (including phenoxy) is 3. The van der Waals surface area contributed by atoms with Gasteiger partial charge in [-0.1, -0.05) is 48.0 Å². The van der Waals surface area contributed by atoms with Crippen LogP contribution in [-0.4, -0.2) is 38.8 Å². The molecule has 34 heavy (non-hydrogen) atoms. The van der Waals surface area contributed by atoms with Crippen molar-refractivity contribution in [1.82, 2.24) is 10.6 Å². The first-order valence-corrected chi connectivity index (χ1v) is 11.8. The Kier molecular flexibility index (Phi) is 7.93. The molecule has 0 atom stereocenters. The first kappa shape index (κ1) is 23.9. The van der Waals surface area contributed by atoms with Gasteiger partial charge >= 0.3 is 0 Å². The van der Waals surface area contributed by atoms with Gasteiger partial charge in [-0.25, -0.2) is 0 Å². The fraction of sp³-hybridized carbons (Fsp3) is 0.296. The van der Waals surface area contributed by atoms with E-state index in [0.717, 1.165) is 45.1 Å². The van der Waals surface area contributed by atoms with Crippen molar-refractivity contribution in [3.8, 4) is 39.5 Å². The lowest BCUT2D eigenvalue weighted by Crippen LogP contribution is -2.30. The first-order valence-electron chi connectivity index (χ1n) is 11.5. The van der Waals surface area contributed by atoms with Crippen LogP contribution in [0.15, 0.2) is 54.6 Å². The van der Waals surface area contributed by atoms with Gasteiger partial charge in [-0.2, -0.15) is 0 Å². The second-order valence-electron chi connectivity index (χ2n) is 7.94. The topological polar surface area (TPSA) is 68.8 Å². The van der Waals surface area contributed by atoms with Crippen molar-refractivity contribution in [3.63, 3.8) is 0 Å². The van der Waals surface area contributed by atoms with Crippen LogP contribution in [0.2, 0.25) is 5.02 Å². The second-order valence-corrected chi connectivity index (χ2v) is 8.32. The summed E-state index contributed by atoms with van der Waals surface area (Å²) in [5.41, 5.74) is 4.86. The third kappa shape index (κ3) is 5.64. The number of fused-ring (bicyclic) bond motifs is 1. The summed E-state index contributed by atoms with van der Waals surface area (Å²) in [6.07, 6.45) is 0. The summed E-state index contributed by atoms with van der Waals surface area (Å²) in [5, 5.41) is 6.79. The van der Waals surface area contributed by atoms with Gasteiger partial charge in [-0.15, -0.1) is 0 Å². The molecule has 178 valence electrons. The lowest BCUT2D eigenvalue weighted by molar-refractivity contribution is -0.118. The summed E-state index contributed by atoms with van der Waals surface area (Å²) in [7, 11) is 0. The number of rotatable bonds is 9. The molecule has 0 bridgehead atoms. The van der Waals surface area contributed by atoms with E-state index in [1.54, 1.807) is 0 Å². The number of halogens is 1. The number of benzene rings is 3. The normalized spacial score (nSPS) is 12.3. The van der Waals surface area contributed by atoms with Gasteiger partial charge in [0.25, 0.3) is 0 Å². The summed E-state index contributed by atoms with van der Waals surface area (Å²) in [6.45, 7) is 7.05. The molecule has 0 spiro atoms. The molecule has 0 unspecified atom stereocenters. The Balaban J connectivity index is 1.58. The minimum atomic E-state index is -0.0310. The summed E-state index contributed by atoms with van der Waals surface area (Å²) in [6, 6.07) is 18.1. The Labute approximate surface area is 205 Å². The molecule has 7 heteroatoms. The zero-order valence-corrected chi connectivity index (χ0v) is 20.2. The minimum absolute atomic E-state index is 0.0310. The van der Waals surface area contributed by atoms with Crippen LogP contribution < -0.4 is 24.8 Å². The van der Waals surface area contributed by atoms with Gasteiger partial charge in [0.15, 0.2) is 11.5 Å². The highest BCUT2D eigenvalue weighted by atomic mass is 35.5. The number of carbonyl (C=O) groups is 1.